The normalized spacial score (nSPS) is 9.95. The van der Waals surface area contributed by atoms with Crippen LogP contribution in [0.3, 0.4) is 0 Å². The molecule has 0 radical (unpaired) electrons. The van der Waals surface area contributed by atoms with E-state index >= 15 is 0 Å². The van der Waals surface area contributed by atoms with Gasteiger partial charge >= 0.3 is 5.97 Å². The first kappa shape index (κ1) is 15.6. The number of hydrogen-bond donors (Lipinski definition) is 0. The molecule has 0 saturated carbocycles. The molecule has 0 aromatic heterocycles. The van der Waals surface area contributed by atoms with Crippen LogP contribution in [0.25, 0.3) is 0 Å². The highest BCUT2D eigenvalue weighted by molar-refractivity contribution is 5.98. The zero-order valence-corrected chi connectivity index (χ0v) is 11.6. The summed E-state index contributed by atoms with van der Waals surface area (Å²) in [6.07, 6.45) is 0. The predicted molar refractivity (Wildman–Crippen MR) is 71.7 cm³/mol. The van der Waals surface area contributed by atoms with Crippen molar-refractivity contribution < 1.29 is 19.2 Å². The van der Waals surface area contributed by atoms with Gasteiger partial charge in [-0.25, -0.2) is 0 Å². The van der Waals surface area contributed by atoms with E-state index in [0.717, 1.165) is 6.07 Å². The topological polar surface area (TPSA) is 89.8 Å². The number of rotatable bonds is 5. The SMILES string of the molecule is CCN(CC)C(=O)c1cc([N+](=O)[O-])ccc1OC(C)=O. The van der Waals surface area contributed by atoms with Crippen molar-refractivity contribution in [2.75, 3.05) is 13.1 Å². The van der Waals surface area contributed by atoms with E-state index in [1.54, 1.807) is 13.8 Å². The lowest BCUT2D eigenvalue weighted by molar-refractivity contribution is -0.384. The molecule has 1 amide bonds. The standard InChI is InChI=1S/C13H16N2O5/c1-4-14(5-2)13(17)11-8-10(15(18)19)6-7-12(11)20-9(3)16/h6-8H,4-5H2,1-3H3. The number of benzene rings is 1. The Kier molecular flexibility index (Phi) is 5.19. The molecule has 0 fully saturated rings. The number of hydrogen-bond acceptors (Lipinski definition) is 5. The van der Waals surface area contributed by atoms with E-state index in [1.165, 1.54) is 24.0 Å². The van der Waals surface area contributed by atoms with Crippen molar-refractivity contribution in [2.45, 2.75) is 20.8 Å². The van der Waals surface area contributed by atoms with Gasteiger partial charge in [0.25, 0.3) is 11.6 Å². The average Bonchev–Trinajstić information content (AvgIpc) is 2.39. The minimum atomic E-state index is -0.601. The number of esters is 1. The summed E-state index contributed by atoms with van der Waals surface area (Å²) in [5.74, 6) is -0.970. The van der Waals surface area contributed by atoms with Crippen molar-refractivity contribution in [3.63, 3.8) is 0 Å². The molecule has 0 aliphatic rings. The Morgan fingerprint density at radius 3 is 2.35 bits per heavy atom. The third kappa shape index (κ3) is 3.53. The number of carbonyl (C=O) groups excluding carboxylic acids is 2. The molecule has 0 aliphatic carbocycles. The van der Waals surface area contributed by atoms with Crippen LogP contribution in [0.1, 0.15) is 31.1 Å². The van der Waals surface area contributed by atoms with E-state index in [9.17, 15) is 19.7 Å². The van der Waals surface area contributed by atoms with Crippen LogP contribution in [0.15, 0.2) is 18.2 Å². The molecule has 0 N–H and O–H groups in total. The number of ether oxygens (including phenoxy) is 1. The maximum absolute atomic E-state index is 12.3. The Balaban J connectivity index is 3.30. The van der Waals surface area contributed by atoms with Gasteiger partial charge in [0.15, 0.2) is 0 Å². The van der Waals surface area contributed by atoms with Crippen LogP contribution < -0.4 is 4.74 Å². The van der Waals surface area contributed by atoms with E-state index in [0.29, 0.717) is 13.1 Å². The van der Waals surface area contributed by atoms with Gasteiger partial charge in [-0.1, -0.05) is 0 Å². The number of nitro benzene ring substituents is 1. The van der Waals surface area contributed by atoms with Gasteiger partial charge < -0.3 is 9.64 Å². The van der Waals surface area contributed by atoms with Gasteiger partial charge in [-0.2, -0.15) is 0 Å². The van der Waals surface area contributed by atoms with Gasteiger partial charge in [0.1, 0.15) is 5.75 Å². The molecule has 7 heteroatoms. The Morgan fingerprint density at radius 1 is 1.30 bits per heavy atom. The monoisotopic (exact) mass is 280 g/mol. The van der Waals surface area contributed by atoms with E-state index in [1.807, 2.05) is 0 Å². The van der Waals surface area contributed by atoms with Gasteiger partial charge in [-0.05, 0) is 19.9 Å². The van der Waals surface area contributed by atoms with Crippen LogP contribution in [-0.2, 0) is 4.79 Å². The third-order valence-electron chi connectivity index (χ3n) is 2.71. The molecule has 0 bridgehead atoms. The first-order chi connectivity index (χ1) is 9.40. The quantitative estimate of drug-likeness (QED) is 0.356. The molecule has 0 aliphatic heterocycles. The molecule has 1 aromatic carbocycles. The highest BCUT2D eigenvalue weighted by Crippen LogP contribution is 2.25. The average molecular weight is 280 g/mol. The maximum atomic E-state index is 12.3. The molecule has 0 saturated heterocycles. The van der Waals surface area contributed by atoms with Crippen LogP contribution in [0.5, 0.6) is 5.75 Å². The summed E-state index contributed by atoms with van der Waals surface area (Å²) in [4.78, 5) is 35.0. The molecule has 7 nitrogen and oxygen atoms in total. The van der Waals surface area contributed by atoms with Crippen molar-refractivity contribution in [1.29, 1.82) is 0 Å². The van der Waals surface area contributed by atoms with Crippen molar-refractivity contribution in [3.05, 3.63) is 33.9 Å². The molecule has 0 atom stereocenters. The summed E-state index contributed by atoms with van der Waals surface area (Å²) in [6.45, 7) is 5.71. The Labute approximate surface area is 116 Å². The largest absolute Gasteiger partial charge is 0.426 e. The van der Waals surface area contributed by atoms with Crippen LogP contribution in [0, 0.1) is 10.1 Å². The van der Waals surface area contributed by atoms with E-state index in [2.05, 4.69) is 0 Å². The summed E-state index contributed by atoms with van der Waals surface area (Å²) in [7, 11) is 0. The van der Waals surface area contributed by atoms with Gasteiger partial charge in [0.2, 0.25) is 0 Å². The lowest BCUT2D eigenvalue weighted by Crippen LogP contribution is -2.31. The molecule has 0 heterocycles. The second-order valence-corrected chi connectivity index (χ2v) is 4.01. The van der Waals surface area contributed by atoms with Crippen molar-refractivity contribution in [3.8, 4) is 5.75 Å². The molecule has 1 aromatic rings. The first-order valence-corrected chi connectivity index (χ1v) is 6.16. The maximum Gasteiger partial charge on any atom is 0.308 e. The fourth-order valence-corrected chi connectivity index (χ4v) is 1.72. The summed E-state index contributed by atoms with van der Waals surface area (Å²) in [6, 6.07) is 3.58. The van der Waals surface area contributed by atoms with Gasteiger partial charge in [0, 0.05) is 32.1 Å². The molecule has 0 unspecified atom stereocenters. The minimum Gasteiger partial charge on any atom is -0.426 e. The number of non-ortho nitro benzene ring substituents is 1. The van der Waals surface area contributed by atoms with Gasteiger partial charge in [0.05, 0.1) is 10.5 Å². The van der Waals surface area contributed by atoms with Crippen molar-refractivity contribution in [2.24, 2.45) is 0 Å². The zero-order valence-electron chi connectivity index (χ0n) is 11.6. The summed E-state index contributed by atoms with van der Waals surface area (Å²) >= 11 is 0. The third-order valence-corrected chi connectivity index (χ3v) is 2.71. The Hall–Kier alpha value is -2.44. The van der Waals surface area contributed by atoms with Crippen molar-refractivity contribution >= 4 is 17.6 Å². The van der Waals surface area contributed by atoms with Crippen LogP contribution in [-0.4, -0.2) is 34.8 Å². The zero-order chi connectivity index (χ0) is 15.3. The molecular formula is C13H16N2O5. The van der Waals surface area contributed by atoms with E-state index in [-0.39, 0.29) is 17.0 Å². The first-order valence-electron chi connectivity index (χ1n) is 6.16. The minimum absolute atomic E-state index is 0.0121. The van der Waals surface area contributed by atoms with Crippen LogP contribution >= 0.6 is 0 Å². The highest BCUT2D eigenvalue weighted by atomic mass is 16.6. The number of nitrogens with zero attached hydrogens (tertiary/aromatic N) is 2. The van der Waals surface area contributed by atoms with Crippen molar-refractivity contribution in [1.82, 2.24) is 4.90 Å². The van der Waals surface area contributed by atoms with Gasteiger partial charge in [-0.15, -0.1) is 0 Å². The number of carbonyl (C=O) groups is 2. The Morgan fingerprint density at radius 2 is 1.90 bits per heavy atom. The lowest BCUT2D eigenvalue weighted by Gasteiger charge is -2.19. The molecule has 0 spiro atoms. The summed E-state index contributed by atoms with van der Waals surface area (Å²) < 4.78 is 4.93. The second kappa shape index (κ2) is 6.65. The Bertz CT molecular complexity index is 538. The second-order valence-electron chi connectivity index (χ2n) is 4.01. The molecular weight excluding hydrogens is 264 g/mol. The highest BCUT2D eigenvalue weighted by Gasteiger charge is 2.22. The van der Waals surface area contributed by atoms with Crippen LogP contribution in [0.2, 0.25) is 0 Å². The molecule has 1 rings (SSSR count). The van der Waals surface area contributed by atoms with Crippen LogP contribution in [0.4, 0.5) is 5.69 Å². The number of amides is 1. The lowest BCUT2D eigenvalue weighted by atomic mass is 10.1. The number of nitro groups is 1. The fourth-order valence-electron chi connectivity index (χ4n) is 1.72. The fraction of sp³-hybridized carbons (Fsp3) is 0.385. The van der Waals surface area contributed by atoms with E-state index < -0.39 is 16.8 Å². The molecule has 20 heavy (non-hydrogen) atoms. The summed E-state index contributed by atoms with van der Waals surface area (Å²) in [5.41, 5.74) is -0.213. The van der Waals surface area contributed by atoms with Gasteiger partial charge in [-0.3, -0.25) is 19.7 Å². The smallest absolute Gasteiger partial charge is 0.308 e. The molecule has 108 valence electrons. The van der Waals surface area contributed by atoms with E-state index in [4.69, 9.17) is 4.74 Å². The predicted octanol–water partition coefficient (Wildman–Crippen LogP) is 2.00. The summed E-state index contributed by atoms with van der Waals surface area (Å²) in [5, 5.41) is 10.8.